The summed E-state index contributed by atoms with van der Waals surface area (Å²) in [5.74, 6) is 0.751. The van der Waals surface area contributed by atoms with Gasteiger partial charge in [0.05, 0.1) is 24.7 Å². The van der Waals surface area contributed by atoms with Gasteiger partial charge in [0.15, 0.2) is 0 Å². The molecule has 4 aromatic rings. The summed E-state index contributed by atoms with van der Waals surface area (Å²) < 4.78 is 20.1. The molecule has 1 aliphatic rings. The SMILES string of the molecule is COc1ccc(-c2cnnc(-n3nc(C)c4c3NC(=O)C[C@@H]4c3ccc(F)cc3)n2)cc1. The molecule has 160 valence electrons. The van der Waals surface area contributed by atoms with Gasteiger partial charge in [-0.05, 0) is 48.9 Å². The summed E-state index contributed by atoms with van der Waals surface area (Å²) in [5.41, 5.74) is 3.88. The van der Waals surface area contributed by atoms with E-state index in [4.69, 9.17) is 4.74 Å². The zero-order valence-electron chi connectivity index (χ0n) is 17.4. The molecule has 3 heterocycles. The lowest BCUT2D eigenvalue weighted by molar-refractivity contribution is -0.116. The Kier molecular flexibility index (Phi) is 4.85. The van der Waals surface area contributed by atoms with E-state index in [0.717, 1.165) is 28.1 Å². The Morgan fingerprint density at radius 2 is 1.88 bits per heavy atom. The number of hydrogen-bond acceptors (Lipinski definition) is 6. The van der Waals surface area contributed by atoms with Crippen LogP contribution in [0.4, 0.5) is 10.2 Å². The highest BCUT2D eigenvalue weighted by atomic mass is 19.1. The van der Waals surface area contributed by atoms with Gasteiger partial charge in [-0.25, -0.2) is 9.37 Å². The van der Waals surface area contributed by atoms with Crippen LogP contribution in [0.2, 0.25) is 0 Å². The van der Waals surface area contributed by atoms with Crippen molar-refractivity contribution in [1.29, 1.82) is 0 Å². The molecule has 0 saturated heterocycles. The van der Waals surface area contributed by atoms with Gasteiger partial charge in [0, 0.05) is 23.5 Å². The first kappa shape index (κ1) is 19.8. The van der Waals surface area contributed by atoms with Crippen LogP contribution in [0.3, 0.4) is 0 Å². The first-order valence-corrected chi connectivity index (χ1v) is 10.0. The number of hydrogen-bond donors (Lipinski definition) is 1. The highest BCUT2D eigenvalue weighted by molar-refractivity contribution is 5.95. The van der Waals surface area contributed by atoms with Crippen LogP contribution in [0.5, 0.6) is 5.75 Å². The molecule has 0 unspecified atom stereocenters. The number of anilines is 1. The van der Waals surface area contributed by atoms with Crippen molar-refractivity contribution in [2.75, 3.05) is 12.4 Å². The molecule has 0 radical (unpaired) electrons. The average Bonchev–Trinajstić information content (AvgIpc) is 3.15. The first-order chi connectivity index (χ1) is 15.5. The number of halogens is 1. The molecule has 1 aliphatic heterocycles. The zero-order valence-corrected chi connectivity index (χ0v) is 17.4. The van der Waals surface area contributed by atoms with E-state index in [1.807, 2.05) is 31.2 Å². The fraction of sp³-hybridized carbons (Fsp3) is 0.174. The number of benzene rings is 2. The van der Waals surface area contributed by atoms with Gasteiger partial charge in [0.25, 0.3) is 5.95 Å². The summed E-state index contributed by atoms with van der Waals surface area (Å²) >= 11 is 0. The first-order valence-electron chi connectivity index (χ1n) is 10.0. The maximum atomic E-state index is 13.4. The zero-order chi connectivity index (χ0) is 22.2. The molecule has 0 bridgehead atoms. The fourth-order valence-electron chi connectivity index (χ4n) is 3.96. The summed E-state index contributed by atoms with van der Waals surface area (Å²) in [6.07, 6.45) is 1.81. The monoisotopic (exact) mass is 430 g/mol. The number of nitrogens with zero attached hydrogens (tertiary/aromatic N) is 5. The molecule has 9 heteroatoms. The number of rotatable bonds is 4. The number of aromatic nitrogens is 5. The molecule has 0 saturated carbocycles. The molecule has 1 amide bonds. The van der Waals surface area contributed by atoms with E-state index in [1.54, 1.807) is 25.4 Å². The number of methoxy groups -OCH3 is 1. The van der Waals surface area contributed by atoms with Crippen molar-refractivity contribution < 1.29 is 13.9 Å². The van der Waals surface area contributed by atoms with Crippen LogP contribution in [0.1, 0.15) is 29.2 Å². The number of carbonyl (C=O) groups is 1. The molecular formula is C23H19FN6O2. The van der Waals surface area contributed by atoms with Crippen LogP contribution in [0.25, 0.3) is 17.2 Å². The van der Waals surface area contributed by atoms with Crippen molar-refractivity contribution in [2.45, 2.75) is 19.3 Å². The summed E-state index contributed by atoms with van der Waals surface area (Å²) in [6.45, 7) is 1.87. The molecule has 5 rings (SSSR count). The molecule has 1 N–H and O–H groups in total. The molecule has 2 aromatic heterocycles. The van der Waals surface area contributed by atoms with E-state index < -0.39 is 0 Å². The van der Waals surface area contributed by atoms with Gasteiger partial charge in [-0.15, -0.1) is 5.10 Å². The van der Waals surface area contributed by atoms with Gasteiger partial charge in [0.1, 0.15) is 17.4 Å². The highest BCUT2D eigenvalue weighted by Crippen LogP contribution is 2.39. The van der Waals surface area contributed by atoms with Crippen molar-refractivity contribution in [3.05, 3.63) is 77.4 Å². The maximum absolute atomic E-state index is 13.4. The summed E-state index contributed by atoms with van der Waals surface area (Å²) in [5, 5.41) is 15.7. The van der Waals surface area contributed by atoms with Crippen molar-refractivity contribution >= 4 is 11.7 Å². The molecule has 0 fully saturated rings. The number of amides is 1. The number of carbonyl (C=O) groups excluding carboxylic acids is 1. The third-order valence-electron chi connectivity index (χ3n) is 5.50. The molecule has 0 aliphatic carbocycles. The highest BCUT2D eigenvalue weighted by Gasteiger charge is 2.33. The van der Waals surface area contributed by atoms with Gasteiger partial charge in [-0.2, -0.15) is 14.9 Å². The topological polar surface area (TPSA) is 94.8 Å². The number of nitrogens with one attached hydrogen (secondary N) is 1. The van der Waals surface area contributed by atoms with Crippen LogP contribution in [0.15, 0.2) is 54.7 Å². The number of ether oxygens (including phenoxy) is 1. The van der Waals surface area contributed by atoms with Gasteiger partial charge >= 0.3 is 0 Å². The lowest BCUT2D eigenvalue weighted by Crippen LogP contribution is -2.25. The second-order valence-electron chi connectivity index (χ2n) is 7.49. The standard InChI is InChI=1S/C23H19FN6O2/c1-13-21-18(14-3-7-16(24)8-4-14)11-20(31)27-22(21)30(29-13)23-26-19(12-25-28-23)15-5-9-17(32-2)10-6-15/h3-10,12,18H,11H2,1-2H3,(H,27,31)/t18-/m1/s1. The van der Waals surface area contributed by atoms with E-state index in [9.17, 15) is 9.18 Å². The number of fused-ring (bicyclic) bond motifs is 1. The molecule has 32 heavy (non-hydrogen) atoms. The van der Waals surface area contributed by atoms with Crippen molar-refractivity contribution in [3.8, 4) is 23.0 Å². The summed E-state index contributed by atoms with van der Waals surface area (Å²) in [6, 6.07) is 13.6. The van der Waals surface area contributed by atoms with Crippen LogP contribution in [0, 0.1) is 12.7 Å². The Morgan fingerprint density at radius 3 is 2.59 bits per heavy atom. The normalized spacial score (nSPS) is 15.2. The van der Waals surface area contributed by atoms with Gasteiger partial charge in [-0.1, -0.05) is 12.1 Å². The Labute approximate surface area is 183 Å². The second kappa shape index (κ2) is 7.84. The van der Waals surface area contributed by atoms with Gasteiger partial charge in [0.2, 0.25) is 5.91 Å². The molecule has 0 spiro atoms. The van der Waals surface area contributed by atoms with E-state index in [-0.39, 0.29) is 30.0 Å². The van der Waals surface area contributed by atoms with Gasteiger partial charge < -0.3 is 10.1 Å². The van der Waals surface area contributed by atoms with Crippen LogP contribution in [-0.4, -0.2) is 38.0 Å². The van der Waals surface area contributed by atoms with Crippen LogP contribution in [-0.2, 0) is 4.79 Å². The Hall–Kier alpha value is -4.14. The third kappa shape index (κ3) is 3.47. The van der Waals surface area contributed by atoms with E-state index in [0.29, 0.717) is 11.5 Å². The lowest BCUT2D eigenvalue weighted by Gasteiger charge is -2.24. The number of aryl methyl sites for hydroxylation is 1. The Morgan fingerprint density at radius 1 is 1.12 bits per heavy atom. The smallest absolute Gasteiger partial charge is 0.272 e. The van der Waals surface area contributed by atoms with Crippen molar-refractivity contribution in [3.63, 3.8) is 0 Å². The molecule has 8 nitrogen and oxygen atoms in total. The predicted octanol–water partition coefficient (Wildman–Crippen LogP) is 3.65. The summed E-state index contributed by atoms with van der Waals surface area (Å²) in [7, 11) is 1.61. The quantitative estimate of drug-likeness (QED) is 0.531. The predicted molar refractivity (Wildman–Crippen MR) is 115 cm³/mol. The maximum Gasteiger partial charge on any atom is 0.272 e. The largest absolute Gasteiger partial charge is 0.497 e. The Balaban J connectivity index is 1.58. The van der Waals surface area contributed by atoms with Crippen molar-refractivity contribution in [1.82, 2.24) is 25.0 Å². The lowest BCUT2D eigenvalue weighted by atomic mass is 9.86. The van der Waals surface area contributed by atoms with Crippen LogP contribution < -0.4 is 10.1 Å². The minimum absolute atomic E-state index is 0.160. The third-order valence-corrected chi connectivity index (χ3v) is 5.50. The van der Waals surface area contributed by atoms with E-state index in [1.165, 1.54) is 16.8 Å². The average molecular weight is 430 g/mol. The van der Waals surface area contributed by atoms with E-state index in [2.05, 4.69) is 25.6 Å². The Bertz CT molecular complexity index is 1300. The molecule has 2 aromatic carbocycles. The molecule has 1 atom stereocenters. The minimum Gasteiger partial charge on any atom is -0.497 e. The second-order valence-corrected chi connectivity index (χ2v) is 7.49. The summed E-state index contributed by atoms with van der Waals surface area (Å²) in [4.78, 5) is 17.1. The fourth-order valence-corrected chi connectivity index (χ4v) is 3.96. The van der Waals surface area contributed by atoms with Gasteiger partial charge in [-0.3, -0.25) is 4.79 Å². The van der Waals surface area contributed by atoms with E-state index >= 15 is 0 Å². The van der Waals surface area contributed by atoms with Crippen molar-refractivity contribution in [2.24, 2.45) is 0 Å². The molecular weight excluding hydrogens is 411 g/mol. The van der Waals surface area contributed by atoms with Crippen LogP contribution >= 0.6 is 0 Å². The minimum atomic E-state index is -0.323.